The quantitative estimate of drug-likeness (QED) is 0.506. The maximum atomic E-state index is 11.0. The van der Waals surface area contributed by atoms with Gasteiger partial charge in [-0.2, -0.15) is 0 Å². The summed E-state index contributed by atoms with van der Waals surface area (Å²) in [6.07, 6.45) is 1.45. The molecule has 0 amide bonds. The summed E-state index contributed by atoms with van der Waals surface area (Å²) in [5, 5.41) is 11.3. The van der Waals surface area contributed by atoms with Crippen molar-refractivity contribution in [1.82, 2.24) is 0 Å². The smallest absolute Gasteiger partial charge is 0.303 e. The average molecular weight is 377 g/mol. The first-order valence-electron chi connectivity index (χ1n) is 9.70. The summed E-state index contributed by atoms with van der Waals surface area (Å²) in [5.41, 5.74) is 9.70. The first-order valence-corrected chi connectivity index (χ1v) is 9.70. The van der Waals surface area contributed by atoms with Crippen LogP contribution in [0.15, 0.2) is 54.6 Å². The van der Waals surface area contributed by atoms with Gasteiger partial charge in [0, 0.05) is 12.0 Å². The summed E-state index contributed by atoms with van der Waals surface area (Å²) in [6.45, 7) is 4.91. The Morgan fingerprint density at radius 2 is 1.82 bits per heavy atom. The number of carboxylic acid groups (broad SMARTS) is 1. The van der Waals surface area contributed by atoms with Crippen LogP contribution in [-0.2, 0) is 11.2 Å². The van der Waals surface area contributed by atoms with Crippen molar-refractivity contribution < 1.29 is 14.6 Å². The molecule has 3 N–H and O–H groups in total. The molecule has 146 valence electrons. The van der Waals surface area contributed by atoms with Gasteiger partial charge >= 0.3 is 5.97 Å². The Labute approximate surface area is 165 Å². The van der Waals surface area contributed by atoms with E-state index in [2.05, 4.69) is 44.2 Å². The van der Waals surface area contributed by atoms with Gasteiger partial charge in [0.25, 0.3) is 0 Å². The Bertz CT molecular complexity index is 979. The van der Waals surface area contributed by atoms with E-state index >= 15 is 0 Å². The highest BCUT2D eigenvalue weighted by molar-refractivity contribution is 5.89. The third-order valence-corrected chi connectivity index (χ3v) is 4.81. The first kappa shape index (κ1) is 19.7. The van der Waals surface area contributed by atoms with E-state index in [0.717, 1.165) is 28.5 Å². The molecule has 0 aliphatic heterocycles. The van der Waals surface area contributed by atoms with Gasteiger partial charge in [-0.1, -0.05) is 50.2 Å². The molecule has 3 aromatic rings. The van der Waals surface area contributed by atoms with E-state index in [1.54, 1.807) is 0 Å². The fraction of sp³-hybridized carbons (Fsp3) is 0.292. The van der Waals surface area contributed by atoms with E-state index in [1.807, 2.05) is 24.3 Å². The second kappa shape index (κ2) is 8.79. The number of rotatable bonds is 8. The molecule has 0 spiro atoms. The number of hydrogen-bond donors (Lipinski definition) is 2. The number of anilines is 1. The largest absolute Gasteiger partial charge is 0.491 e. The molecule has 0 aliphatic carbocycles. The lowest BCUT2D eigenvalue weighted by molar-refractivity contribution is -0.136. The molecule has 0 saturated carbocycles. The predicted octanol–water partition coefficient (Wildman–Crippen LogP) is 5.53. The molecule has 3 aromatic carbocycles. The van der Waals surface area contributed by atoms with Crippen LogP contribution in [0.1, 0.15) is 32.3 Å². The molecular weight excluding hydrogens is 350 g/mol. The lowest BCUT2D eigenvalue weighted by atomic mass is 9.96. The number of nitrogen functional groups attached to an aromatic ring is 1. The third-order valence-electron chi connectivity index (χ3n) is 4.81. The molecule has 28 heavy (non-hydrogen) atoms. The number of carbonyl (C=O) groups is 1. The number of aryl methyl sites for hydroxylation is 1. The molecule has 0 heterocycles. The van der Waals surface area contributed by atoms with Crippen LogP contribution in [-0.4, -0.2) is 17.7 Å². The van der Waals surface area contributed by atoms with Gasteiger partial charge in [0.15, 0.2) is 0 Å². The molecule has 4 nitrogen and oxygen atoms in total. The summed E-state index contributed by atoms with van der Waals surface area (Å²) in [6, 6.07) is 18.3. The highest BCUT2D eigenvalue weighted by Gasteiger charge is 2.14. The maximum absolute atomic E-state index is 11.0. The van der Waals surface area contributed by atoms with Crippen molar-refractivity contribution >= 4 is 22.4 Å². The lowest BCUT2D eigenvalue weighted by Gasteiger charge is -2.17. The Morgan fingerprint density at radius 1 is 1.07 bits per heavy atom. The molecular formula is C24H27NO3. The van der Waals surface area contributed by atoms with Crippen molar-refractivity contribution in [3.05, 3.63) is 60.2 Å². The number of ether oxygens (including phenoxy) is 1. The second-order valence-electron chi connectivity index (χ2n) is 7.55. The number of hydrogen-bond acceptors (Lipinski definition) is 3. The van der Waals surface area contributed by atoms with E-state index in [9.17, 15) is 4.79 Å². The standard InChI is InChI=1S/C24H27NO3/c1-16(2)11-12-28-24-21(13-17(14-22(24)25)7-10-23(26)27)20-9-8-18-5-3-4-6-19(18)15-20/h3-6,8-9,13-16H,7,10-12,25H2,1-2H3,(H,26,27). The number of carboxylic acids is 1. The first-order chi connectivity index (χ1) is 13.4. The summed E-state index contributed by atoms with van der Waals surface area (Å²) < 4.78 is 6.08. The van der Waals surface area contributed by atoms with E-state index < -0.39 is 5.97 Å². The van der Waals surface area contributed by atoms with Crippen molar-refractivity contribution in [3.63, 3.8) is 0 Å². The summed E-state index contributed by atoms with van der Waals surface area (Å²) >= 11 is 0. The minimum atomic E-state index is -0.817. The fourth-order valence-corrected chi connectivity index (χ4v) is 3.24. The zero-order valence-electron chi connectivity index (χ0n) is 16.4. The summed E-state index contributed by atoms with van der Waals surface area (Å²) in [7, 11) is 0. The minimum Gasteiger partial charge on any atom is -0.491 e. The average Bonchev–Trinajstić information content (AvgIpc) is 2.67. The molecule has 0 saturated heterocycles. The molecule has 0 aliphatic rings. The van der Waals surface area contributed by atoms with Crippen molar-refractivity contribution in [3.8, 4) is 16.9 Å². The molecule has 0 bridgehead atoms. The molecule has 0 atom stereocenters. The zero-order chi connectivity index (χ0) is 20.1. The van der Waals surface area contributed by atoms with Gasteiger partial charge in [0.2, 0.25) is 0 Å². The zero-order valence-corrected chi connectivity index (χ0v) is 16.4. The van der Waals surface area contributed by atoms with Crippen molar-refractivity contribution in [2.45, 2.75) is 33.1 Å². The van der Waals surface area contributed by atoms with Crippen LogP contribution in [0.4, 0.5) is 5.69 Å². The topological polar surface area (TPSA) is 72.5 Å². The summed E-state index contributed by atoms with van der Waals surface area (Å²) in [5.74, 6) is 0.401. The number of aliphatic carboxylic acids is 1. The van der Waals surface area contributed by atoms with Crippen molar-refractivity contribution in [2.75, 3.05) is 12.3 Å². The van der Waals surface area contributed by atoms with Crippen LogP contribution in [0, 0.1) is 5.92 Å². The highest BCUT2D eigenvalue weighted by Crippen LogP contribution is 2.38. The Balaban J connectivity index is 2.03. The van der Waals surface area contributed by atoms with Crippen LogP contribution in [0.5, 0.6) is 5.75 Å². The van der Waals surface area contributed by atoms with Crippen LogP contribution < -0.4 is 10.5 Å². The van der Waals surface area contributed by atoms with E-state index in [1.165, 1.54) is 5.39 Å². The van der Waals surface area contributed by atoms with Gasteiger partial charge in [-0.25, -0.2) is 0 Å². The van der Waals surface area contributed by atoms with E-state index in [-0.39, 0.29) is 6.42 Å². The van der Waals surface area contributed by atoms with Crippen LogP contribution in [0.25, 0.3) is 21.9 Å². The number of fused-ring (bicyclic) bond motifs is 1. The minimum absolute atomic E-state index is 0.0736. The lowest BCUT2D eigenvalue weighted by Crippen LogP contribution is -2.06. The van der Waals surface area contributed by atoms with Crippen molar-refractivity contribution in [1.29, 1.82) is 0 Å². The summed E-state index contributed by atoms with van der Waals surface area (Å²) in [4.78, 5) is 11.0. The second-order valence-corrected chi connectivity index (χ2v) is 7.55. The van der Waals surface area contributed by atoms with Gasteiger partial charge in [-0.05, 0) is 58.9 Å². The Morgan fingerprint density at radius 3 is 2.54 bits per heavy atom. The molecule has 0 radical (unpaired) electrons. The SMILES string of the molecule is CC(C)CCOc1c(N)cc(CCC(=O)O)cc1-c1ccc2ccccc2c1. The normalized spacial score (nSPS) is 11.1. The van der Waals surface area contributed by atoms with E-state index in [4.69, 9.17) is 15.6 Å². The maximum Gasteiger partial charge on any atom is 0.303 e. The monoisotopic (exact) mass is 377 g/mol. The third kappa shape index (κ3) is 4.83. The van der Waals surface area contributed by atoms with Gasteiger partial charge in [-0.15, -0.1) is 0 Å². The molecule has 0 aromatic heterocycles. The molecule has 0 fully saturated rings. The highest BCUT2D eigenvalue weighted by atomic mass is 16.5. The Kier molecular flexibility index (Phi) is 6.19. The van der Waals surface area contributed by atoms with Crippen LogP contribution >= 0.6 is 0 Å². The number of benzene rings is 3. The molecule has 0 unspecified atom stereocenters. The van der Waals surface area contributed by atoms with Gasteiger partial charge in [-0.3, -0.25) is 4.79 Å². The van der Waals surface area contributed by atoms with Crippen LogP contribution in [0.2, 0.25) is 0 Å². The molecule has 4 heteroatoms. The Hall–Kier alpha value is -3.01. The van der Waals surface area contributed by atoms with Crippen molar-refractivity contribution in [2.24, 2.45) is 5.92 Å². The molecule has 3 rings (SSSR count). The number of nitrogens with two attached hydrogens (primary N) is 1. The van der Waals surface area contributed by atoms with Crippen LogP contribution in [0.3, 0.4) is 0 Å². The van der Waals surface area contributed by atoms with Gasteiger partial charge in [0.05, 0.1) is 12.3 Å². The van der Waals surface area contributed by atoms with E-state index in [0.29, 0.717) is 30.4 Å². The predicted molar refractivity (Wildman–Crippen MR) is 115 cm³/mol. The van der Waals surface area contributed by atoms with Gasteiger partial charge < -0.3 is 15.6 Å². The van der Waals surface area contributed by atoms with Gasteiger partial charge in [0.1, 0.15) is 5.75 Å². The fourth-order valence-electron chi connectivity index (χ4n) is 3.24.